The lowest BCUT2D eigenvalue weighted by molar-refractivity contribution is -0.148. The minimum atomic E-state index is -0.524. The zero-order valence-corrected chi connectivity index (χ0v) is 11.6. The second-order valence-electron chi connectivity index (χ2n) is 4.52. The van der Waals surface area contributed by atoms with Gasteiger partial charge in [0.1, 0.15) is 5.60 Å². The largest absolute Gasteiger partial charge is 0.457 e. The highest BCUT2D eigenvalue weighted by atomic mass is 79.9. The molecule has 0 spiro atoms. The summed E-state index contributed by atoms with van der Waals surface area (Å²) in [7, 11) is 0. The van der Waals surface area contributed by atoms with Crippen molar-refractivity contribution in [3.05, 3.63) is 34.6 Å². The van der Waals surface area contributed by atoms with Gasteiger partial charge in [-0.2, -0.15) is 0 Å². The van der Waals surface area contributed by atoms with Gasteiger partial charge in [-0.1, -0.05) is 0 Å². The molecule has 0 aliphatic rings. The van der Waals surface area contributed by atoms with Crippen molar-refractivity contribution in [2.24, 2.45) is 5.73 Å². The van der Waals surface area contributed by atoms with Gasteiger partial charge in [-0.3, -0.25) is 4.98 Å². The third-order valence-corrected chi connectivity index (χ3v) is 2.15. The Balaban J connectivity index is 2.83. The van der Waals surface area contributed by atoms with Gasteiger partial charge in [-0.15, -0.1) is 0 Å². The molecule has 0 fully saturated rings. The molecule has 0 atom stereocenters. The van der Waals surface area contributed by atoms with E-state index >= 15 is 0 Å². The summed E-state index contributed by atoms with van der Waals surface area (Å²) in [4.78, 5) is 15.5. The van der Waals surface area contributed by atoms with Crippen LogP contribution in [0.4, 0.5) is 0 Å². The molecule has 0 aliphatic heterocycles. The van der Waals surface area contributed by atoms with Gasteiger partial charge in [0.25, 0.3) is 0 Å². The summed E-state index contributed by atoms with van der Waals surface area (Å²) in [6, 6.07) is 1.78. The molecule has 1 heterocycles. The van der Waals surface area contributed by atoms with E-state index in [0.29, 0.717) is 11.3 Å². The standard InChI is InChI=1S/C12H15BrN2O2/c1-12(2,3)17-11(16)5-10(14)8-4-9(13)7-15-6-8/h4-7H,14H2,1-3H3/b10-5-. The molecule has 92 valence electrons. The first-order chi connectivity index (χ1) is 7.78. The van der Waals surface area contributed by atoms with Crippen LogP contribution in [-0.2, 0) is 9.53 Å². The zero-order valence-electron chi connectivity index (χ0n) is 10.0. The molecule has 1 aromatic rings. The summed E-state index contributed by atoms with van der Waals surface area (Å²) in [5.74, 6) is -0.463. The molecular weight excluding hydrogens is 284 g/mol. The highest BCUT2D eigenvalue weighted by Crippen LogP contribution is 2.15. The van der Waals surface area contributed by atoms with Crippen LogP contribution in [0.25, 0.3) is 5.70 Å². The van der Waals surface area contributed by atoms with E-state index < -0.39 is 11.6 Å². The number of ether oxygens (including phenoxy) is 1. The number of hydrogen-bond acceptors (Lipinski definition) is 4. The van der Waals surface area contributed by atoms with E-state index in [9.17, 15) is 4.79 Å². The molecule has 1 aromatic heterocycles. The minimum absolute atomic E-state index is 0.327. The van der Waals surface area contributed by atoms with Crippen molar-refractivity contribution >= 4 is 27.6 Å². The Kier molecular flexibility index (Phi) is 4.28. The van der Waals surface area contributed by atoms with E-state index in [1.54, 1.807) is 39.2 Å². The number of esters is 1. The molecule has 0 radical (unpaired) electrons. The molecule has 2 N–H and O–H groups in total. The first kappa shape index (κ1) is 13.7. The van der Waals surface area contributed by atoms with Crippen LogP contribution in [0.2, 0.25) is 0 Å². The number of nitrogens with zero attached hydrogens (tertiary/aromatic N) is 1. The number of rotatable bonds is 2. The predicted molar refractivity (Wildman–Crippen MR) is 69.9 cm³/mol. The van der Waals surface area contributed by atoms with E-state index in [2.05, 4.69) is 20.9 Å². The van der Waals surface area contributed by atoms with Gasteiger partial charge in [0.2, 0.25) is 0 Å². The number of aromatic nitrogens is 1. The SMILES string of the molecule is CC(C)(C)OC(=O)/C=C(\N)c1cncc(Br)c1. The van der Waals surface area contributed by atoms with Crippen LogP contribution < -0.4 is 5.73 Å². The summed E-state index contributed by atoms with van der Waals surface area (Å²) in [6.07, 6.45) is 4.49. The molecule has 1 rings (SSSR count). The molecule has 5 heteroatoms. The van der Waals surface area contributed by atoms with Crippen molar-refractivity contribution in [3.8, 4) is 0 Å². The maximum Gasteiger partial charge on any atom is 0.333 e. The molecule has 4 nitrogen and oxygen atoms in total. The summed E-state index contributed by atoms with van der Waals surface area (Å²) in [5.41, 5.74) is 6.26. The smallest absolute Gasteiger partial charge is 0.333 e. The third kappa shape index (κ3) is 4.99. The van der Waals surface area contributed by atoms with Crippen LogP contribution >= 0.6 is 15.9 Å². The lowest BCUT2D eigenvalue weighted by Gasteiger charge is -2.18. The lowest BCUT2D eigenvalue weighted by atomic mass is 10.2. The van der Waals surface area contributed by atoms with Gasteiger partial charge in [0, 0.05) is 34.2 Å². The van der Waals surface area contributed by atoms with E-state index in [-0.39, 0.29) is 0 Å². The number of halogens is 1. The van der Waals surface area contributed by atoms with Gasteiger partial charge in [0.15, 0.2) is 0 Å². The fraction of sp³-hybridized carbons (Fsp3) is 0.333. The van der Waals surface area contributed by atoms with E-state index in [1.807, 2.05) is 0 Å². The van der Waals surface area contributed by atoms with Crippen LogP contribution in [0.5, 0.6) is 0 Å². The number of hydrogen-bond donors (Lipinski definition) is 1. The molecule has 0 unspecified atom stereocenters. The van der Waals surface area contributed by atoms with E-state index in [0.717, 1.165) is 4.47 Å². The monoisotopic (exact) mass is 298 g/mol. The van der Waals surface area contributed by atoms with Crippen molar-refractivity contribution in [2.75, 3.05) is 0 Å². The van der Waals surface area contributed by atoms with Crippen LogP contribution in [0.1, 0.15) is 26.3 Å². The van der Waals surface area contributed by atoms with Gasteiger partial charge < -0.3 is 10.5 Å². The van der Waals surface area contributed by atoms with Crippen molar-refractivity contribution in [2.45, 2.75) is 26.4 Å². The minimum Gasteiger partial charge on any atom is -0.457 e. The normalized spacial score (nSPS) is 12.4. The van der Waals surface area contributed by atoms with Gasteiger partial charge >= 0.3 is 5.97 Å². The second kappa shape index (κ2) is 5.31. The van der Waals surface area contributed by atoms with Crippen molar-refractivity contribution in [1.82, 2.24) is 4.98 Å². The predicted octanol–water partition coefficient (Wildman–Crippen LogP) is 2.49. The Bertz CT molecular complexity index is 450. The van der Waals surface area contributed by atoms with Crippen LogP contribution in [-0.4, -0.2) is 16.6 Å². The van der Waals surface area contributed by atoms with E-state index in [4.69, 9.17) is 10.5 Å². The lowest BCUT2D eigenvalue weighted by Crippen LogP contribution is -2.23. The number of carbonyl (C=O) groups excluding carboxylic acids is 1. The summed E-state index contributed by atoms with van der Waals surface area (Å²) < 4.78 is 5.93. The molecule has 17 heavy (non-hydrogen) atoms. The Morgan fingerprint density at radius 1 is 1.47 bits per heavy atom. The Morgan fingerprint density at radius 2 is 2.12 bits per heavy atom. The summed E-state index contributed by atoms with van der Waals surface area (Å²) in [5, 5.41) is 0. The number of pyridine rings is 1. The van der Waals surface area contributed by atoms with Crippen LogP contribution in [0.3, 0.4) is 0 Å². The topological polar surface area (TPSA) is 65.2 Å². The molecule has 0 saturated heterocycles. The Labute approximate surface area is 109 Å². The second-order valence-corrected chi connectivity index (χ2v) is 5.44. The molecule has 0 saturated carbocycles. The average molecular weight is 299 g/mol. The molecule has 0 bridgehead atoms. The first-order valence-electron chi connectivity index (χ1n) is 5.09. The van der Waals surface area contributed by atoms with Gasteiger partial charge in [-0.05, 0) is 42.8 Å². The summed E-state index contributed by atoms with van der Waals surface area (Å²) >= 11 is 3.28. The zero-order chi connectivity index (χ0) is 13.1. The first-order valence-corrected chi connectivity index (χ1v) is 5.88. The van der Waals surface area contributed by atoms with Crippen LogP contribution in [0, 0.1) is 0 Å². The Hall–Kier alpha value is -1.36. The Morgan fingerprint density at radius 3 is 2.65 bits per heavy atom. The fourth-order valence-corrected chi connectivity index (χ4v) is 1.48. The number of carbonyl (C=O) groups is 1. The maximum atomic E-state index is 11.5. The van der Waals surface area contributed by atoms with Gasteiger partial charge in [-0.25, -0.2) is 4.79 Å². The average Bonchev–Trinajstić information content (AvgIpc) is 2.14. The van der Waals surface area contributed by atoms with E-state index in [1.165, 1.54) is 6.08 Å². The quantitative estimate of drug-likeness (QED) is 0.673. The van der Waals surface area contributed by atoms with Crippen molar-refractivity contribution in [1.29, 1.82) is 0 Å². The molecule has 0 aromatic carbocycles. The third-order valence-electron chi connectivity index (χ3n) is 1.72. The van der Waals surface area contributed by atoms with Crippen molar-refractivity contribution < 1.29 is 9.53 Å². The molecule has 0 amide bonds. The fourth-order valence-electron chi connectivity index (χ4n) is 1.11. The number of nitrogens with two attached hydrogens (primary N) is 1. The summed E-state index contributed by atoms with van der Waals surface area (Å²) in [6.45, 7) is 5.40. The highest BCUT2D eigenvalue weighted by molar-refractivity contribution is 9.10. The van der Waals surface area contributed by atoms with Gasteiger partial charge in [0.05, 0.1) is 0 Å². The molecular formula is C12H15BrN2O2. The van der Waals surface area contributed by atoms with Crippen LogP contribution in [0.15, 0.2) is 29.0 Å². The van der Waals surface area contributed by atoms with Crippen molar-refractivity contribution in [3.63, 3.8) is 0 Å². The highest BCUT2D eigenvalue weighted by Gasteiger charge is 2.15. The maximum absolute atomic E-state index is 11.5. The molecule has 0 aliphatic carbocycles.